The fourth-order valence-electron chi connectivity index (χ4n) is 3.55. The summed E-state index contributed by atoms with van der Waals surface area (Å²) in [4.78, 5) is 14.0. The Kier molecular flexibility index (Phi) is 4.67. The van der Waals surface area contributed by atoms with Crippen LogP contribution < -0.4 is 10.6 Å². The molecule has 26 heavy (non-hydrogen) atoms. The van der Waals surface area contributed by atoms with Crippen molar-refractivity contribution in [3.05, 3.63) is 18.0 Å². The fourth-order valence-corrected chi connectivity index (χ4v) is 3.55. The van der Waals surface area contributed by atoms with Crippen molar-refractivity contribution >= 4 is 22.7 Å². The number of aliphatic hydroxyl groups is 1. The van der Waals surface area contributed by atoms with E-state index in [1.807, 2.05) is 12.3 Å². The normalized spacial score (nSPS) is 28.3. The van der Waals surface area contributed by atoms with E-state index in [4.69, 9.17) is 14.7 Å². The molecule has 0 bridgehead atoms. The van der Waals surface area contributed by atoms with Gasteiger partial charge in [0.1, 0.15) is 11.6 Å². The number of hydrogen-bond donors (Lipinski definition) is 3. The van der Waals surface area contributed by atoms with Gasteiger partial charge in [0.05, 0.1) is 17.9 Å². The number of hydrogen-bond acceptors (Lipinski definition) is 7. The van der Waals surface area contributed by atoms with Crippen LogP contribution in [0, 0.1) is 0 Å². The minimum absolute atomic E-state index is 0.0681. The maximum Gasteiger partial charge on any atom is 0.223 e. The van der Waals surface area contributed by atoms with Crippen LogP contribution in [-0.4, -0.2) is 44.4 Å². The number of rotatable bonds is 5. The summed E-state index contributed by atoms with van der Waals surface area (Å²) in [5.74, 6) is 1.40. The molecule has 1 aliphatic heterocycles. The molecule has 2 unspecified atom stereocenters. The molecule has 1 saturated carbocycles. The summed E-state index contributed by atoms with van der Waals surface area (Å²) in [6, 6.07) is 2.59. The number of nitrogens with one attached hydrogen (secondary N) is 2. The summed E-state index contributed by atoms with van der Waals surface area (Å²) >= 11 is 0. The monoisotopic (exact) mass is 357 g/mol. The largest absolute Gasteiger partial charge is 0.393 e. The van der Waals surface area contributed by atoms with Crippen molar-refractivity contribution in [2.45, 2.75) is 76.9 Å². The van der Waals surface area contributed by atoms with Crippen molar-refractivity contribution < 1.29 is 9.84 Å². The number of aliphatic hydroxyl groups excluding tert-OH is 1. The SMILES string of the molecule is CC(C)Nc1nc(C2OC2C)cc2cnc(N[C@H]3CC[C@H](O)CC3)nc12. The first-order chi connectivity index (χ1) is 12.5. The minimum Gasteiger partial charge on any atom is -0.393 e. The lowest BCUT2D eigenvalue weighted by Gasteiger charge is -2.26. The Morgan fingerprint density at radius 3 is 2.58 bits per heavy atom. The topological polar surface area (TPSA) is 95.5 Å². The van der Waals surface area contributed by atoms with Gasteiger partial charge in [-0.1, -0.05) is 0 Å². The quantitative estimate of drug-likeness (QED) is 0.708. The smallest absolute Gasteiger partial charge is 0.223 e. The Labute approximate surface area is 153 Å². The van der Waals surface area contributed by atoms with Gasteiger partial charge < -0.3 is 20.5 Å². The highest BCUT2D eigenvalue weighted by Crippen LogP contribution is 2.39. The van der Waals surface area contributed by atoms with E-state index in [1.165, 1.54) is 0 Å². The lowest BCUT2D eigenvalue weighted by atomic mass is 9.93. The van der Waals surface area contributed by atoms with Gasteiger partial charge in [0.2, 0.25) is 5.95 Å². The third kappa shape index (κ3) is 3.73. The summed E-state index contributed by atoms with van der Waals surface area (Å²) in [5, 5.41) is 17.4. The maximum atomic E-state index is 9.66. The van der Waals surface area contributed by atoms with Crippen LogP contribution in [0.15, 0.2) is 12.3 Å². The van der Waals surface area contributed by atoms with Crippen LogP contribution in [-0.2, 0) is 4.74 Å². The molecule has 4 rings (SSSR count). The Bertz CT molecular complexity index is 789. The summed E-state index contributed by atoms with van der Waals surface area (Å²) in [7, 11) is 0. The molecule has 0 radical (unpaired) electrons. The number of ether oxygens (including phenoxy) is 1. The van der Waals surface area contributed by atoms with Crippen LogP contribution in [0.5, 0.6) is 0 Å². The van der Waals surface area contributed by atoms with Crippen molar-refractivity contribution in [2.75, 3.05) is 10.6 Å². The van der Waals surface area contributed by atoms with E-state index in [0.717, 1.165) is 48.1 Å². The molecule has 2 atom stereocenters. The summed E-state index contributed by atoms with van der Waals surface area (Å²) < 4.78 is 5.58. The molecule has 0 aromatic carbocycles. The molecule has 0 amide bonds. The number of pyridine rings is 1. The standard InChI is InChI=1S/C19H27N5O2/c1-10(2)21-18-16-12(8-15(23-18)17-11(3)26-17)9-20-19(24-16)22-13-4-6-14(25)7-5-13/h8-11,13-14,17,25H,4-7H2,1-3H3,(H,21,23)(H,20,22,24)/t11?,13-,14-,17?. The van der Waals surface area contributed by atoms with Gasteiger partial charge in [-0.25, -0.2) is 15.0 Å². The van der Waals surface area contributed by atoms with Crippen molar-refractivity contribution in [3.8, 4) is 0 Å². The molecular formula is C19H27N5O2. The van der Waals surface area contributed by atoms with E-state index in [2.05, 4.69) is 36.4 Å². The molecule has 2 aromatic heterocycles. The van der Waals surface area contributed by atoms with Crippen LogP contribution in [0.4, 0.5) is 11.8 Å². The molecule has 2 aromatic rings. The molecule has 2 fully saturated rings. The van der Waals surface area contributed by atoms with Crippen LogP contribution in [0.1, 0.15) is 58.3 Å². The van der Waals surface area contributed by atoms with Crippen molar-refractivity contribution in [1.82, 2.24) is 15.0 Å². The van der Waals surface area contributed by atoms with Gasteiger partial charge >= 0.3 is 0 Å². The highest BCUT2D eigenvalue weighted by Gasteiger charge is 2.37. The van der Waals surface area contributed by atoms with Gasteiger partial charge in [-0.2, -0.15) is 0 Å². The van der Waals surface area contributed by atoms with Gasteiger partial charge in [0.15, 0.2) is 5.82 Å². The van der Waals surface area contributed by atoms with Gasteiger partial charge in [0, 0.05) is 23.7 Å². The average molecular weight is 357 g/mol. The average Bonchev–Trinajstić information content (AvgIpc) is 3.33. The number of nitrogens with zero attached hydrogens (tertiary/aromatic N) is 3. The van der Waals surface area contributed by atoms with Crippen LogP contribution >= 0.6 is 0 Å². The zero-order chi connectivity index (χ0) is 18.3. The molecular weight excluding hydrogens is 330 g/mol. The zero-order valence-corrected chi connectivity index (χ0v) is 15.6. The van der Waals surface area contributed by atoms with Gasteiger partial charge in [-0.05, 0) is 52.5 Å². The molecule has 140 valence electrons. The van der Waals surface area contributed by atoms with E-state index in [0.29, 0.717) is 12.0 Å². The van der Waals surface area contributed by atoms with Crippen molar-refractivity contribution in [2.24, 2.45) is 0 Å². The lowest BCUT2D eigenvalue weighted by Crippen LogP contribution is -2.28. The predicted octanol–water partition coefficient (Wildman–Crippen LogP) is 3.02. The Hall–Kier alpha value is -1.99. The van der Waals surface area contributed by atoms with Crippen LogP contribution in [0.2, 0.25) is 0 Å². The lowest BCUT2D eigenvalue weighted by molar-refractivity contribution is 0.126. The third-order valence-corrected chi connectivity index (χ3v) is 5.04. The first-order valence-corrected chi connectivity index (χ1v) is 9.54. The van der Waals surface area contributed by atoms with E-state index < -0.39 is 0 Å². The predicted molar refractivity (Wildman–Crippen MR) is 101 cm³/mol. The van der Waals surface area contributed by atoms with E-state index in [9.17, 15) is 5.11 Å². The maximum absolute atomic E-state index is 9.66. The third-order valence-electron chi connectivity index (χ3n) is 5.04. The molecule has 1 saturated heterocycles. The van der Waals surface area contributed by atoms with Crippen LogP contribution in [0.25, 0.3) is 10.9 Å². The molecule has 1 aliphatic carbocycles. The molecule has 3 heterocycles. The Balaban J connectivity index is 1.63. The molecule has 7 heteroatoms. The molecule has 3 N–H and O–H groups in total. The van der Waals surface area contributed by atoms with E-state index in [1.54, 1.807) is 0 Å². The molecule has 0 spiro atoms. The summed E-state index contributed by atoms with van der Waals surface area (Å²) in [6.07, 6.45) is 5.51. The Morgan fingerprint density at radius 1 is 1.19 bits per heavy atom. The second-order valence-corrected chi connectivity index (χ2v) is 7.74. The molecule has 2 aliphatic rings. The van der Waals surface area contributed by atoms with Crippen molar-refractivity contribution in [3.63, 3.8) is 0 Å². The van der Waals surface area contributed by atoms with Gasteiger partial charge in [-0.15, -0.1) is 0 Å². The van der Waals surface area contributed by atoms with Gasteiger partial charge in [0.25, 0.3) is 0 Å². The Morgan fingerprint density at radius 2 is 1.92 bits per heavy atom. The first-order valence-electron chi connectivity index (χ1n) is 9.54. The second-order valence-electron chi connectivity index (χ2n) is 7.74. The van der Waals surface area contributed by atoms with Gasteiger partial charge in [-0.3, -0.25) is 0 Å². The number of epoxide rings is 1. The fraction of sp³-hybridized carbons (Fsp3) is 0.632. The van der Waals surface area contributed by atoms with E-state index >= 15 is 0 Å². The minimum atomic E-state index is -0.165. The van der Waals surface area contributed by atoms with Crippen LogP contribution in [0.3, 0.4) is 0 Å². The van der Waals surface area contributed by atoms with Crippen molar-refractivity contribution in [1.29, 1.82) is 0 Å². The molecule has 7 nitrogen and oxygen atoms in total. The summed E-state index contributed by atoms with van der Waals surface area (Å²) in [6.45, 7) is 6.23. The first kappa shape index (κ1) is 17.4. The van der Waals surface area contributed by atoms with E-state index in [-0.39, 0.29) is 24.4 Å². The number of anilines is 2. The summed E-state index contributed by atoms with van der Waals surface area (Å²) in [5.41, 5.74) is 1.75. The zero-order valence-electron chi connectivity index (χ0n) is 15.6. The second kappa shape index (κ2) is 6.96. The highest BCUT2D eigenvalue weighted by molar-refractivity contribution is 5.89. The number of fused-ring (bicyclic) bond motifs is 1. The number of aromatic nitrogens is 3. The highest BCUT2D eigenvalue weighted by atomic mass is 16.6.